The molecule has 1 fully saturated rings. The second kappa shape index (κ2) is 11.9. The Balaban J connectivity index is 1.43. The minimum atomic E-state index is -0.670. The highest BCUT2D eigenvalue weighted by Crippen LogP contribution is 2.35. The van der Waals surface area contributed by atoms with Crippen LogP contribution in [0.3, 0.4) is 0 Å². The number of aliphatic hydroxyl groups excluding tert-OH is 1. The summed E-state index contributed by atoms with van der Waals surface area (Å²) in [5, 5.41) is 12.4. The van der Waals surface area contributed by atoms with Crippen LogP contribution in [-0.2, 0) is 16.0 Å². The van der Waals surface area contributed by atoms with Crippen LogP contribution >= 0.6 is 11.3 Å². The maximum Gasteiger partial charge on any atom is 0.237 e. The number of halogens is 1. The largest absolute Gasteiger partial charge is 0.488 e. The molecule has 34 heavy (non-hydrogen) atoms. The van der Waals surface area contributed by atoms with E-state index in [2.05, 4.69) is 6.58 Å². The number of carbonyl (C=O) groups excluding carboxylic acids is 1. The molecule has 1 amide bonds. The lowest BCUT2D eigenvalue weighted by Gasteiger charge is -2.37. The first kappa shape index (κ1) is 24.9. The van der Waals surface area contributed by atoms with Gasteiger partial charge < -0.3 is 19.5 Å². The van der Waals surface area contributed by atoms with Gasteiger partial charge in [-0.25, -0.2) is 4.39 Å². The van der Waals surface area contributed by atoms with Crippen molar-refractivity contribution in [2.45, 2.75) is 31.4 Å². The Morgan fingerprint density at radius 2 is 2.18 bits per heavy atom. The summed E-state index contributed by atoms with van der Waals surface area (Å²) in [6.07, 6.45) is 4.10. The third-order valence-electron chi connectivity index (χ3n) is 6.24. The molecule has 0 radical (unpaired) electrons. The van der Waals surface area contributed by atoms with Crippen molar-refractivity contribution in [2.24, 2.45) is 5.92 Å². The zero-order valence-electron chi connectivity index (χ0n) is 19.4. The van der Waals surface area contributed by atoms with Crippen molar-refractivity contribution in [3.63, 3.8) is 0 Å². The fourth-order valence-electron chi connectivity index (χ4n) is 4.39. The number of hydrogen-bond acceptors (Lipinski definition) is 6. The van der Waals surface area contributed by atoms with Gasteiger partial charge in [0, 0.05) is 24.5 Å². The van der Waals surface area contributed by atoms with Gasteiger partial charge in [0.25, 0.3) is 0 Å². The Morgan fingerprint density at radius 1 is 1.35 bits per heavy atom. The molecule has 2 heterocycles. The maximum absolute atomic E-state index is 14.1. The lowest BCUT2D eigenvalue weighted by Crippen LogP contribution is -2.48. The third kappa shape index (κ3) is 6.66. The molecule has 1 aliphatic carbocycles. The smallest absolute Gasteiger partial charge is 0.237 e. The van der Waals surface area contributed by atoms with Crippen molar-refractivity contribution in [3.05, 3.63) is 64.6 Å². The van der Waals surface area contributed by atoms with E-state index >= 15 is 0 Å². The maximum atomic E-state index is 14.1. The summed E-state index contributed by atoms with van der Waals surface area (Å²) >= 11 is 1.68. The summed E-state index contributed by atoms with van der Waals surface area (Å²) in [4.78, 5) is 18.6. The molecule has 8 heteroatoms. The minimum absolute atomic E-state index is 0.00107. The summed E-state index contributed by atoms with van der Waals surface area (Å²) < 4.78 is 25.3. The van der Waals surface area contributed by atoms with Crippen molar-refractivity contribution in [2.75, 3.05) is 46.0 Å². The van der Waals surface area contributed by atoms with Gasteiger partial charge in [0.1, 0.15) is 6.61 Å². The van der Waals surface area contributed by atoms with Crippen molar-refractivity contribution < 1.29 is 23.8 Å². The molecule has 6 nitrogen and oxygen atoms in total. The number of carbonyl (C=O) groups is 1. The predicted octanol–water partition coefficient (Wildman–Crippen LogP) is 3.67. The van der Waals surface area contributed by atoms with E-state index in [0.717, 1.165) is 31.4 Å². The topological polar surface area (TPSA) is 62.2 Å². The fraction of sp³-hybridized carbons (Fsp3) is 0.500. The van der Waals surface area contributed by atoms with E-state index in [4.69, 9.17) is 9.47 Å². The number of rotatable bonds is 13. The van der Waals surface area contributed by atoms with Crippen molar-refractivity contribution in [3.8, 4) is 5.75 Å². The Morgan fingerprint density at radius 3 is 2.94 bits per heavy atom. The van der Waals surface area contributed by atoms with E-state index in [0.29, 0.717) is 25.6 Å². The van der Waals surface area contributed by atoms with Crippen LogP contribution in [0.25, 0.3) is 0 Å². The van der Waals surface area contributed by atoms with Gasteiger partial charge in [-0.3, -0.25) is 9.69 Å². The molecular weight excluding hydrogens is 455 g/mol. The van der Waals surface area contributed by atoms with Crippen molar-refractivity contribution in [1.82, 2.24) is 9.80 Å². The van der Waals surface area contributed by atoms with Crippen LogP contribution in [0.4, 0.5) is 4.39 Å². The molecule has 1 aliphatic heterocycles. The number of amides is 1. The quantitative estimate of drug-likeness (QED) is 0.344. The molecular formula is C26H33FN2O4S. The van der Waals surface area contributed by atoms with Crippen molar-refractivity contribution in [1.29, 1.82) is 0 Å². The van der Waals surface area contributed by atoms with Crippen LogP contribution in [0.5, 0.6) is 5.75 Å². The highest BCUT2D eigenvalue weighted by molar-refractivity contribution is 7.10. The van der Waals surface area contributed by atoms with E-state index in [1.807, 2.05) is 21.2 Å². The van der Waals surface area contributed by atoms with Gasteiger partial charge in [-0.1, -0.05) is 18.2 Å². The van der Waals surface area contributed by atoms with E-state index in [-0.39, 0.29) is 37.5 Å². The number of nitrogens with zero attached hydrogens (tertiary/aromatic N) is 2. The molecule has 2 atom stereocenters. The van der Waals surface area contributed by atoms with Gasteiger partial charge in [-0.2, -0.15) is 0 Å². The molecule has 0 unspecified atom stereocenters. The second-order valence-corrected chi connectivity index (χ2v) is 10.0. The van der Waals surface area contributed by atoms with Crippen LogP contribution in [0.15, 0.2) is 48.4 Å². The molecule has 184 valence electrons. The zero-order valence-corrected chi connectivity index (χ0v) is 20.2. The summed E-state index contributed by atoms with van der Waals surface area (Å²) in [6.45, 7) is 6.40. The Hall–Kier alpha value is -2.26. The van der Waals surface area contributed by atoms with Gasteiger partial charge in [0.2, 0.25) is 5.91 Å². The zero-order chi connectivity index (χ0) is 23.9. The first-order valence-electron chi connectivity index (χ1n) is 11.9. The number of thiophene rings is 1. The first-order chi connectivity index (χ1) is 16.5. The fourth-order valence-corrected chi connectivity index (χ4v) is 5.32. The normalized spacial score (nSPS) is 18.6. The monoisotopic (exact) mass is 488 g/mol. The standard InChI is InChI=1S/C26H33FN2O4S/c1-2-12-32-17-20(30)15-28(14-19-7-8-19)16-26(31)29-11-9-25-21(10-13-34-25)23(29)18-33-24-6-4-3-5-22(24)27/h2-6,10,13,19-20,23,30H,1,7-9,11-12,14-18H2/t20-,23-/m1/s1. The average Bonchev–Trinajstić information content (AvgIpc) is 3.50. The number of benzene rings is 1. The van der Waals surface area contributed by atoms with Crippen molar-refractivity contribution >= 4 is 17.2 Å². The Labute approximate surface area is 204 Å². The first-order valence-corrected chi connectivity index (χ1v) is 12.7. The third-order valence-corrected chi connectivity index (χ3v) is 7.23. The number of fused-ring (bicyclic) bond motifs is 1. The highest BCUT2D eigenvalue weighted by Gasteiger charge is 2.34. The molecule has 0 spiro atoms. The second-order valence-electron chi connectivity index (χ2n) is 9.01. The SMILES string of the molecule is C=CCOC[C@H](O)CN(CC(=O)N1CCc2sccc2[C@H]1COc1ccccc1F)CC1CC1. The average molecular weight is 489 g/mol. The van der Waals surface area contributed by atoms with E-state index in [1.165, 1.54) is 10.9 Å². The molecule has 1 aromatic carbocycles. The molecule has 1 N–H and O–H groups in total. The molecule has 1 saturated carbocycles. The van der Waals surface area contributed by atoms with E-state index < -0.39 is 11.9 Å². The summed E-state index contributed by atoms with van der Waals surface area (Å²) in [7, 11) is 0. The van der Waals surface area contributed by atoms with Gasteiger partial charge in [-0.15, -0.1) is 17.9 Å². The predicted molar refractivity (Wildman–Crippen MR) is 131 cm³/mol. The van der Waals surface area contributed by atoms with E-state index in [9.17, 15) is 14.3 Å². The number of para-hydroxylation sites is 1. The number of ether oxygens (including phenoxy) is 2. The highest BCUT2D eigenvalue weighted by atomic mass is 32.1. The minimum Gasteiger partial charge on any atom is -0.488 e. The molecule has 2 aromatic rings. The van der Waals surface area contributed by atoms with Gasteiger partial charge >= 0.3 is 0 Å². The van der Waals surface area contributed by atoms with E-state index in [1.54, 1.807) is 35.6 Å². The Bertz CT molecular complexity index is 964. The number of aliphatic hydroxyl groups is 1. The van der Waals surface area contributed by atoms with Gasteiger partial charge in [0.15, 0.2) is 11.6 Å². The lowest BCUT2D eigenvalue weighted by molar-refractivity contribution is -0.136. The lowest BCUT2D eigenvalue weighted by atomic mass is 10.0. The molecule has 0 saturated heterocycles. The summed E-state index contributed by atoms with van der Waals surface area (Å²) in [5.41, 5.74) is 1.08. The van der Waals surface area contributed by atoms with Crippen LogP contribution in [-0.4, -0.2) is 72.9 Å². The summed E-state index contributed by atoms with van der Waals surface area (Å²) in [6, 6.07) is 8.10. The molecule has 0 bridgehead atoms. The van der Waals surface area contributed by atoms with Crippen LogP contribution in [0.2, 0.25) is 0 Å². The van der Waals surface area contributed by atoms with Crippen LogP contribution < -0.4 is 4.74 Å². The van der Waals surface area contributed by atoms with Crippen LogP contribution in [0, 0.1) is 11.7 Å². The van der Waals surface area contributed by atoms with Gasteiger partial charge in [0.05, 0.1) is 31.9 Å². The van der Waals surface area contributed by atoms with Gasteiger partial charge in [-0.05, 0) is 54.3 Å². The number of hydrogen-bond donors (Lipinski definition) is 1. The molecule has 1 aromatic heterocycles. The molecule has 2 aliphatic rings. The molecule has 4 rings (SSSR count). The Kier molecular flexibility index (Phi) is 8.72. The summed E-state index contributed by atoms with van der Waals surface area (Å²) in [5.74, 6) is 0.359. The van der Waals surface area contributed by atoms with Crippen LogP contribution in [0.1, 0.15) is 29.3 Å².